The molecule has 0 unspecified atom stereocenters. The molecule has 0 amide bonds. The smallest absolute Gasteiger partial charge is 0.178 e. The first-order chi connectivity index (χ1) is 10.7. The van der Waals surface area contributed by atoms with Gasteiger partial charge < -0.3 is 0 Å². The third-order valence-corrected chi connectivity index (χ3v) is 3.28. The van der Waals surface area contributed by atoms with Crippen LogP contribution in [0.5, 0.6) is 0 Å². The van der Waals surface area contributed by atoms with Gasteiger partial charge in [-0.3, -0.25) is 14.8 Å². The highest BCUT2D eigenvalue weighted by atomic mass is 16.1. The molecule has 0 radical (unpaired) electrons. The van der Waals surface area contributed by atoms with Crippen LogP contribution in [0.2, 0.25) is 0 Å². The van der Waals surface area contributed by atoms with Crippen LogP contribution in [0.25, 0.3) is 10.9 Å². The van der Waals surface area contributed by atoms with E-state index in [4.69, 9.17) is 0 Å². The maximum Gasteiger partial charge on any atom is 0.178 e. The van der Waals surface area contributed by atoms with Gasteiger partial charge in [0, 0.05) is 30.6 Å². The lowest BCUT2D eigenvalue weighted by molar-refractivity contribution is 0.101. The van der Waals surface area contributed by atoms with Crippen LogP contribution in [0, 0.1) is 0 Å². The van der Waals surface area contributed by atoms with Crippen molar-refractivity contribution in [2.24, 2.45) is 4.99 Å². The average Bonchev–Trinajstić information content (AvgIpc) is 2.55. The molecule has 3 rings (SSSR count). The van der Waals surface area contributed by atoms with Crippen LogP contribution in [0.3, 0.4) is 0 Å². The molecule has 108 valence electrons. The number of nitrogens with zero attached hydrogens (tertiary/aromatic N) is 3. The number of hydrogen-bond donors (Lipinski definition) is 0. The molecule has 1 aromatic carbocycles. The van der Waals surface area contributed by atoms with Crippen LogP contribution in [0.4, 0.5) is 5.69 Å². The fourth-order valence-corrected chi connectivity index (χ4v) is 2.16. The van der Waals surface area contributed by atoms with Crippen LogP contribution >= 0.6 is 0 Å². The van der Waals surface area contributed by atoms with Crippen molar-refractivity contribution < 1.29 is 4.79 Å². The molecule has 0 bridgehead atoms. The zero-order valence-electron chi connectivity index (χ0n) is 12.2. The van der Waals surface area contributed by atoms with Crippen LogP contribution < -0.4 is 0 Å². The molecule has 22 heavy (non-hydrogen) atoms. The van der Waals surface area contributed by atoms with Gasteiger partial charge in [0.05, 0.1) is 17.4 Å². The minimum absolute atomic E-state index is 0.0301. The highest BCUT2D eigenvalue weighted by molar-refractivity contribution is 5.92. The van der Waals surface area contributed by atoms with Crippen LogP contribution in [0.15, 0.2) is 59.7 Å². The fourth-order valence-electron chi connectivity index (χ4n) is 2.16. The van der Waals surface area contributed by atoms with Crippen molar-refractivity contribution in [1.29, 1.82) is 0 Å². The number of hydrogen-bond acceptors (Lipinski definition) is 4. The molecule has 0 fully saturated rings. The second kappa shape index (κ2) is 6.26. The molecule has 3 aromatic rings. The normalized spacial score (nSPS) is 11.1. The number of aromatic nitrogens is 2. The number of para-hydroxylation sites is 1. The first kappa shape index (κ1) is 14.1. The summed E-state index contributed by atoms with van der Waals surface area (Å²) in [6, 6.07) is 15.4. The van der Waals surface area contributed by atoms with Crippen LogP contribution in [-0.4, -0.2) is 22.0 Å². The Morgan fingerprint density at radius 3 is 2.91 bits per heavy atom. The Kier molecular flexibility index (Phi) is 4.01. The molecule has 0 aliphatic heterocycles. The van der Waals surface area contributed by atoms with Gasteiger partial charge in [-0.2, -0.15) is 0 Å². The topological polar surface area (TPSA) is 55.2 Å². The van der Waals surface area contributed by atoms with E-state index in [1.165, 1.54) is 6.92 Å². The van der Waals surface area contributed by atoms with Crippen molar-refractivity contribution >= 4 is 28.6 Å². The van der Waals surface area contributed by atoms with Gasteiger partial charge >= 0.3 is 0 Å². The summed E-state index contributed by atoms with van der Waals surface area (Å²) in [5.41, 5.74) is 3.07. The van der Waals surface area contributed by atoms with E-state index >= 15 is 0 Å². The Labute approximate surface area is 128 Å². The van der Waals surface area contributed by atoms with E-state index in [9.17, 15) is 4.79 Å². The molecular weight excluding hydrogens is 274 g/mol. The van der Waals surface area contributed by atoms with Crippen molar-refractivity contribution in [3.63, 3.8) is 0 Å². The van der Waals surface area contributed by atoms with E-state index in [1.54, 1.807) is 18.5 Å². The van der Waals surface area contributed by atoms with E-state index in [0.29, 0.717) is 12.1 Å². The summed E-state index contributed by atoms with van der Waals surface area (Å²) in [6.07, 6.45) is 4.12. The standard InChI is InChI=1S/C18H15N3O/c1-13(22)17-8-4-6-15(21-17)9-10-19-16-11-14-5-2-3-7-18(14)20-12-16/h2-8,10-12H,9H2,1H3. The summed E-state index contributed by atoms with van der Waals surface area (Å²) in [7, 11) is 0. The quantitative estimate of drug-likeness (QED) is 0.542. The predicted octanol–water partition coefficient (Wildman–Crippen LogP) is 3.78. The number of benzene rings is 1. The Balaban J connectivity index is 1.75. The van der Waals surface area contributed by atoms with E-state index < -0.39 is 0 Å². The van der Waals surface area contributed by atoms with Crippen molar-refractivity contribution in [3.8, 4) is 0 Å². The van der Waals surface area contributed by atoms with Gasteiger partial charge in [-0.25, -0.2) is 4.98 Å². The SMILES string of the molecule is CC(=O)c1cccc(CC=Nc2cnc3ccccc3c2)n1. The Bertz CT molecular complexity index is 856. The first-order valence-electron chi connectivity index (χ1n) is 7.06. The molecule has 4 nitrogen and oxygen atoms in total. The number of rotatable bonds is 4. The minimum Gasteiger partial charge on any atom is -0.293 e. The lowest BCUT2D eigenvalue weighted by Gasteiger charge is -2.00. The molecule has 0 aliphatic carbocycles. The Hall–Kier alpha value is -2.88. The van der Waals surface area contributed by atoms with E-state index in [2.05, 4.69) is 15.0 Å². The lowest BCUT2D eigenvalue weighted by atomic mass is 10.2. The average molecular weight is 289 g/mol. The fraction of sp³-hybridized carbons (Fsp3) is 0.111. The number of ketones is 1. The summed E-state index contributed by atoms with van der Waals surface area (Å²) in [4.78, 5) is 24.4. The van der Waals surface area contributed by atoms with Gasteiger partial charge in [0.2, 0.25) is 0 Å². The second-order valence-electron chi connectivity index (χ2n) is 4.97. The summed E-state index contributed by atoms with van der Waals surface area (Å²) < 4.78 is 0. The summed E-state index contributed by atoms with van der Waals surface area (Å²) >= 11 is 0. The molecule has 0 saturated carbocycles. The van der Waals surface area contributed by atoms with E-state index in [1.807, 2.05) is 42.5 Å². The number of pyridine rings is 2. The van der Waals surface area contributed by atoms with Crippen molar-refractivity contribution in [1.82, 2.24) is 9.97 Å². The van der Waals surface area contributed by atoms with Gasteiger partial charge in [0.1, 0.15) is 5.69 Å². The van der Waals surface area contributed by atoms with Gasteiger partial charge in [0.25, 0.3) is 0 Å². The number of Topliss-reactive ketones (excluding diaryl/α,β-unsaturated/α-hetero) is 1. The van der Waals surface area contributed by atoms with Gasteiger partial charge in [0.15, 0.2) is 5.78 Å². The summed E-state index contributed by atoms with van der Waals surface area (Å²) in [6.45, 7) is 1.51. The third kappa shape index (κ3) is 3.23. The summed E-state index contributed by atoms with van der Waals surface area (Å²) in [5.74, 6) is -0.0301. The van der Waals surface area contributed by atoms with Crippen LogP contribution in [0.1, 0.15) is 23.1 Å². The predicted molar refractivity (Wildman–Crippen MR) is 87.8 cm³/mol. The number of carbonyl (C=O) groups excluding carboxylic acids is 1. The van der Waals surface area contributed by atoms with Crippen molar-refractivity contribution in [2.75, 3.05) is 0 Å². The zero-order chi connectivity index (χ0) is 15.4. The lowest BCUT2D eigenvalue weighted by Crippen LogP contribution is -2.00. The van der Waals surface area contributed by atoms with Gasteiger partial charge in [-0.1, -0.05) is 24.3 Å². The largest absolute Gasteiger partial charge is 0.293 e. The van der Waals surface area contributed by atoms with E-state index in [0.717, 1.165) is 22.3 Å². The molecule has 2 heterocycles. The molecule has 0 aliphatic rings. The van der Waals surface area contributed by atoms with Crippen molar-refractivity contribution in [2.45, 2.75) is 13.3 Å². The number of fused-ring (bicyclic) bond motifs is 1. The minimum atomic E-state index is -0.0301. The highest BCUT2D eigenvalue weighted by Gasteiger charge is 2.01. The maximum absolute atomic E-state index is 11.3. The van der Waals surface area contributed by atoms with Gasteiger partial charge in [-0.05, 0) is 24.3 Å². The Morgan fingerprint density at radius 1 is 1.18 bits per heavy atom. The molecule has 0 saturated heterocycles. The summed E-state index contributed by atoms with van der Waals surface area (Å²) in [5, 5.41) is 1.06. The maximum atomic E-state index is 11.3. The molecule has 0 atom stereocenters. The zero-order valence-corrected chi connectivity index (χ0v) is 12.2. The number of aliphatic imine (C=N–C) groups is 1. The van der Waals surface area contributed by atoms with Crippen LogP contribution in [-0.2, 0) is 6.42 Å². The third-order valence-electron chi connectivity index (χ3n) is 3.28. The number of carbonyl (C=O) groups is 1. The molecular formula is C18H15N3O. The second-order valence-corrected chi connectivity index (χ2v) is 4.97. The van der Waals surface area contributed by atoms with E-state index in [-0.39, 0.29) is 5.78 Å². The molecule has 0 N–H and O–H groups in total. The Morgan fingerprint density at radius 2 is 2.05 bits per heavy atom. The molecule has 4 heteroatoms. The first-order valence-corrected chi connectivity index (χ1v) is 7.06. The molecule has 2 aromatic heterocycles. The monoisotopic (exact) mass is 289 g/mol. The van der Waals surface area contributed by atoms with Crippen molar-refractivity contribution in [3.05, 3.63) is 66.1 Å². The highest BCUT2D eigenvalue weighted by Crippen LogP contribution is 2.18. The molecule has 0 spiro atoms. The van der Waals surface area contributed by atoms with Gasteiger partial charge in [-0.15, -0.1) is 0 Å².